The van der Waals surface area contributed by atoms with E-state index >= 15 is 0 Å². The van der Waals surface area contributed by atoms with E-state index in [4.69, 9.17) is 0 Å². The number of rotatable bonds is 0. The topological polar surface area (TPSA) is 46.2 Å². The number of hydrogen-bond acceptors (Lipinski definition) is 2. The number of amides is 2. The highest BCUT2D eigenvalue weighted by Gasteiger charge is 2.51. The molecule has 0 spiro atoms. The molecule has 0 aromatic carbocycles. The van der Waals surface area contributed by atoms with Gasteiger partial charge < -0.3 is 0 Å². The number of fused-ring (bicyclic) bond motifs is 5. The summed E-state index contributed by atoms with van der Waals surface area (Å²) < 4.78 is 0. The van der Waals surface area contributed by atoms with Gasteiger partial charge >= 0.3 is 0 Å². The molecule has 3 nitrogen and oxygen atoms in total. The Morgan fingerprint density at radius 1 is 1.23 bits per heavy atom. The first-order chi connectivity index (χ1) is 6.25. The van der Waals surface area contributed by atoms with E-state index in [9.17, 15) is 9.59 Å². The summed E-state index contributed by atoms with van der Waals surface area (Å²) in [5, 5.41) is 2.42. The zero-order valence-electron chi connectivity index (χ0n) is 7.19. The molecule has 1 saturated heterocycles. The van der Waals surface area contributed by atoms with Gasteiger partial charge in [0, 0.05) is 12.3 Å². The Bertz CT molecular complexity index is 321. The second-order valence-corrected chi connectivity index (χ2v) is 4.25. The van der Waals surface area contributed by atoms with E-state index in [-0.39, 0.29) is 17.7 Å². The van der Waals surface area contributed by atoms with Gasteiger partial charge in [0.05, 0.1) is 0 Å². The lowest BCUT2D eigenvalue weighted by Crippen LogP contribution is -2.47. The standard InChI is InChI=1S/C10H11NO2/c12-8-4-7-5-1-2-6(3-5)9(7)10(13)11-8/h1-2,5-7,9H,3-4H2,(H,11,12,13). The first-order valence-electron chi connectivity index (χ1n) is 4.78. The molecule has 3 heteroatoms. The van der Waals surface area contributed by atoms with Crippen molar-refractivity contribution >= 4 is 11.8 Å². The second kappa shape index (κ2) is 2.22. The summed E-state index contributed by atoms with van der Waals surface area (Å²) >= 11 is 0. The molecule has 1 aliphatic heterocycles. The van der Waals surface area contributed by atoms with Crippen LogP contribution in [0.1, 0.15) is 12.8 Å². The molecule has 4 unspecified atom stereocenters. The third-order valence-electron chi connectivity index (χ3n) is 3.61. The minimum absolute atomic E-state index is 0.0434. The van der Waals surface area contributed by atoms with Crippen LogP contribution in [-0.2, 0) is 9.59 Å². The molecule has 0 radical (unpaired) electrons. The van der Waals surface area contributed by atoms with Crippen LogP contribution in [0.4, 0.5) is 0 Å². The van der Waals surface area contributed by atoms with Gasteiger partial charge in [-0.25, -0.2) is 0 Å². The number of allylic oxidation sites excluding steroid dienone is 2. The molecule has 68 valence electrons. The van der Waals surface area contributed by atoms with E-state index in [0.29, 0.717) is 24.2 Å². The number of carbonyl (C=O) groups excluding carboxylic acids is 2. The fourth-order valence-corrected chi connectivity index (χ4v) is 3.08. The van der Waals surface area contributed by atoms with Crippen LogP contribution in [0.5, 0.6) is 0 Å². The number of nitrogens with one attached hydrogen (secondary N) is 1. The van der Waals surface area contributed by atoms with Gasteiger partial charge in [-0.15, -0.1) is 0 Å². The van der Waals surface area contributed by atoms with E-state index in [1.54, 1.807) is 0 Å². The lowest BCUT2D eigenvalue weighted by molar-refractivity contribution is -0.139. The minimum atomic E-state index is -0.0906. The van der Waals surface area contributed by atoms with Crippen LogP contribution in [0.3, 0.4) is 0 Å². The third kappa shape index (κ3) is 0.844. The Kier molecular flexibility index (Phi) is 1.25. The molecular formula is C10H11NO2. The fourth-order valence-electron chi connectivity index (χ4n) is 3.08. The summed E-state index contributed by atoms with van der Waals surface area (Å²) in [7, 11) is 0. The van der Waals surface area contributed by atoms with Gasteiger partial charge in [-0.2, -0.15) is 0 Å². The maximum absolute atomic E-state index is 11.5. The van der Waals surface area contributed by atoms with Crippen LogP contribution in [-0.4, -0.2) is 11.8 Å². The fraction of sp³-hybridized carbons (Fsp3) is 0.600. The van der Waals surface area contributed by atoms with Gasteiger partial charge in [0.15, 0.2) is 0 Å². The van der Waals surface area contributed by atoms with Crippen LogP contribution < -0.4 is 5.32 Å². The van der Waals surface area contributed by atoms with E-state index in [1.807, 2.05) is 0 Å². The monoisotopic (exact) mass is 177 g/mol. The average molecular weight is 177 g/mol. The SMILES string of the molecule is O=C1CC2C3C=CC(C3)C2C(=O)N1. The molecule has 0 aromatic heterocycles. The normalized spacial score (nSPS) is 46.5. The first-order valence-corrected chi connectivity index (χ1v) is 4.78. The number of carbonyl (C=O) groups is 2. The van der Waals surface area contributed by atoms with Gasteiger partial charge in [-0.3, -0.25) is 14.9 Å². The smallest absolute Gasteiger partial charge is 0.230 e. The highest BCUT2D eigenvalue weighted by atomic mass is 16.2. The lowest BCUT2D eigenvalue weighted by atomic mass is 9.78. The Balaban J connectivity index is 1.98. The zero-order valence-corrected chi connectivity index (χ0v) is 7.19. The molecule has 2 bridgehead atoms. The van der Waals surface area contributed by atoms with Gasteiger partial charge in [0.1, 0.15) is 0 Å². The molecule has 0 aromatic rings. The maximum atomic E-state index is 11.5. The number of hydrogen-bond donors (Lipinski definition) is 1. The Morgan fingerprint density at radius 3 is 2.85 bits per heavy atom. The van der Waals surface area contributed by atoms with Gasteiger partial charge in [0.25, 0.3) is 0 Å². The number of imide groups is 1. The van der Waals surface area contributed by atoms with Gasteiger partial charge in [-0.1, -0.05) is 12.2 Å². The van der Waals surface area contributed by atoms with Crippen LogP contribution in [0, 0.1) is 23.7 Å². The molecule has 1 saturated carbocycles. The quantitative estimate of drug-likeness (QED) is 0.432. The maximum Gasteiger partial charge on any atom is 0.230 e. The average Bonchev–Trinajstić information content (AvgIpc) is 2.62. The molecule has 2 amide bonds. The van der Waals surface area contributed by atoms with Crippen LogP contribution in [0.2, 0.25) is 0 Å². The molecule has 3 rings (SSSR count). The summed E-state index contributed by atoms with van der Waals surface area (Å²) in [5.74, 6) is 1.15. The first kappa shape index (κ1) is 7.30. The Morgan fingerprint density at radius 2 is 2.00 bits per heavy atom. The summed E-state index contributed by atoms with van der Waals surface area (Å²) in [6, 6.07) is 0. The lowest BCUT2D eigenvalue weighted by Gasteiger charge is -2.30. The van der Waals surface area contributed by atoms with E-state index in [2.05, 4.69) is 17.5 Å². The summed E-state index contributed by atoms with van der Waals surface area (Å²) in [4.78, 5) is 22.6. The van der Waals surface area contributed by atoms with E-state index in [1.165, 1.54) is 0 Å². The molecule has 2 fully saturated rings. The number of piperidine rings is 1. The summed E-state index contributed by atoms with van der Waals surface area (Å²) in [6.07, 6.45) is 5.94. The van der Waals surface area contributed by atoms with Crippen molar-refractivity contribution in [2.45, 2.75) is 12.8 Å². The van der Waals surface area contributed by atoms with Gasteiger partial charge in [-0.05, 0) is 24.2 Å². The van der Waals surface area contributed by atoms with Crippen LogP contribution in [0.25, 0.3) is 0 Å². The molecular weight excluding hydrogens is 166 g/mol. The van der Waals surface area contributed by atoms with Crippen molar-refractivity contribution in [1.82, 2.24) is 5.32 Å². The summed E-state index contributed by atoms with van der Waals surface area (Å²) in [5.41, 5.74) is 0. The van der Waals surface area contributed by atoms with Crippen molar-refractivity contribution in [2.24, 2.45) is 23.7 Å². The predicted molar refractivity (Wildman–Crippen MR) is 45.5 cm³/mol. The minimum Gasteiger partial charge on any atom is -0.296 e. The highest BCUT2D eigenvalue weighted by Crippen LogP contribution is 2.50. The third-order valence-corrected chi connectivity index (χ3v) is 3.61. The zero-order chi connectivity index (χ0) is 9.00. The molecule has 1 N–H and O–H groups in total. The predicted octanol–water partition coefficient (Wildman–Crippen LogP) is 0.471. The van der Waals surface area contributed by atoms with Crippen molar-refractivity contribution in [2.75, 3.05) is 0 Å². The molecule has 13 heavy (non-hydrogen) atoms. The van der Waals surface area contributed by atoms with Crippen LogP contribution >= 0.6 is 0 Å². The largest absolute Gasteiger partial charge is 0.296 e. The van der Waals surface area contributed by atoms with Gasteiger partial charge in [0.2, 0.25) is 11.8 Å². The van der Waals surface area contributed by atoms with Crippen molar-refractivity contribution in [3.05, 3.63) is 12.2 Å². The highest BCUT2D eigenvalue weighted by molar-refractivity contribution is 5.99. The molecule has 2 aliphatic carbocycles. The van der Waals surface area contributed by atoms with Crippen molar-refractivity contribution in [3.8, 4) is 0 Å². The molecule has 1 heterocycles. The Hall–Kier alpha value is -1.12. The van der Waals surface area contributed by atoms with Crippen molar-refractivity contribution in [3.63, 3.8) is 0 Å². The second-order valence-electron chi connectivity index (χ2n) is 4.25. The van der Waals surface area contributed by atoms with E-state index in [0.717, 1.165) is 6.42 Å². The van der Waals surface area contributed by atoms with Crippen LogP contribution in [0.15, 0.2) is 12.2 Å². The van der Waals surface area contributed by atoms with Crippen molar-refractivity contribution < 1.29 is 9.59 Å². The Labute approximate surface area is 76.2 Å². The molecule has 3 aliphatic rings. The summed E-state index contributed by atoms with van der Waals surface area (Å²) in [6.45, 7) is 0. The van der Waals surface area contributed by atoms with E-state index < -0.39 is 0 Å². The van der Waals surface area contributed by atoms with Crippen molar-refractivity contribution in [1.29, 1.82) is 0 Å². The molecule has 4 atom stereocenters.